The van der Waals surface area contributed by atoms with Crippen LogP contribution in [0.5, 0.6) is 0 Å². The molecule has 0 bridgehead atoms. The number of hydrogen-bond donors (Lipinski definition) is 2. The van der Waals surface area contributed by atoms with Crippen molar-refractivity contribution >= 4 is 5.91 Å². The molecule has 0 heterocycles. The Balaban J connectivity index is 2.22. The van der Waals surface area contributed by atoms with Crippen LogP contribution in [0.3, 0.4) is 0 Å². The molecular weight excluding hydrogens is 226 g/mol. The molecule has 1 amide bonds. The number of likely N-dealkylation sites (N-methyl/N-ethyl adjacent to an activating group) is 1. The summed E-state index contributed by atoms with van der Waals surface area (Å²) in [7, 11) is 2.07. The number of carbonyl (C=O) groups is 1. The SMILES string of the molecule is CCCNC(=O)CN(C)C1CCC(NCC)CC1. The molecule has 0 aromatic heterocycles. The maximum Gasteiger partial charge on any atom is 0.234 e. The number of nitrogens with zero attached hydrogens (tertiary/aromatic N) is 1. The van der Waals surface area contributed by atoms with E-state index < -0.39 is 0 Å². The molecule has 0 aromatic carbocycles. The van der Waals surface area contributed by atoms with Crippen LogP contribution < -0.4 is 10.6 Å². The largest absolute Gasteiger partial charge is 0.355 e. The van der Waals surface area contributed by atoms with Gasteiger partial charge in [-0.25, -0.2) is 0 Å². The van der Waals surface area contributed by atoms with Gasteiger partial charge < -0.3 is 10.6 Å². The van der Waals surface area contributed by atoms with Crippen molar-refractivity contribution in [3.63, 3.8) is 0 Å². The fourth-order valence-corrected chi connectivity index (χ4v) is 2.69. The molecule has 0 saturated heterocycles. The highest BCUT2D eigenvalue weighted by Crippen LogP contribution is 2.22. The van der Waals surface area contributed by atoms with Gasteiger partial charge in [0.15, 0.2) is 0 Å². The van der Waals surface area contributed by atoms with E-state index in [1.807, 2.05) is 0 Å². The monoisotopic (exact) mass is 255 g/mol. The van der Waals surface area contributed by atoms with Crippen LogP contribution in [0.1, 0.15) is 46.0 Å². The second kappa shape index (κ2) is 8.48. The number of carbonyl (C=O) groups excluding carboxylic acids is 1. The van der Waals surface area contributed by atoms with Gasteiger partial charge in [-0.15, -0.1) is 0 Å². The summed E-state index contributed by atoms with van der Waals surface area (Å²) in [6.07, 6.45) is 5.88. The van der Waals surface area contributed by atoms with Crippen LogP contribution in [0.2, 0.25) is 0 Å². The quantitative estimate of drug-likeness (QED) is 0.722. The molecule has 106 valence electrons. The summed E-state index contributed by atoms with van der Waals surface area (Å²) >= 11 is 0. The van der Waals surface area contributed by atoms with E-state index in [-0.39, 0.29) is 5.91 Å². The Morgan fingerprint density at radius 2 is 1.89 bits per heavy atom. The average Bonchev–Trinajstić information content (AvgIpc) is 2.37. The molecule has 0 aliphatic heterocycles. The maximum absolute atomic E-state index is 11.7. The van der Waals surface area contributed by atoms with Crippen LogP contribution in [-0.2, 0) is 4.79 Å². The van der Waals surface area contributed by atoms with Gasteiger partial charge in [0.1, 0.15) is 0 Å². The van der Waals surface area contributed by atoms with E-state index in [1.54, 1.807) is 0 Å². The van der Waals surface area contributed by atoms with Crippen molar-refractivity contribution in [3.05, 3.63) is 0 Å². The molecule has 1 rings (SSSR count). The number of hydrogen-bond acceptors (Lipinski definition) is 3. The molecule has 4 heteroatoms. The third kappa shape index (κ3) is 5.36. The zero-order valence-corrected chi connectivity index (χ0v) is 12.2. The van der Waals surface area contributed by atoms with Gasteiger partial charge in [-0.1, -0.05) is 13.8 Å². The first kappa shape index (κ1) is 15.4. The molecule has 1 saturated carbocycles. The lowest BCUT2D eigenvalue weighted by Crippen LogP contribution is -2.44. The third-order valence-electron chi connectivity index (χ3n) is 3.78. The first-order chi connectivity index (χ1) is 8.67. The Morgan fingerprint density at radius 1 is 1.22 bits per heavy atom. The normalized spacial score (nSPS) is 24.2. The van der Waals surface area contributed by atoms with E-state index in [0.717, 1.165) is 19.5 Å². The lowest BCUT2D eigenvalue weighted by atomic mass is 9.90. The molecule has 4 nitrogen and oxygen atoms in total. The van der Waals surface area contributed by atoms with Crippen LogP contribution in [0, 0.1) is 0 Å². The highest BCUT2D eigenvalue weighted by molar-refractivity contribution is 5.77. The molecule has 0 spiro atoms. The zero-order valence-electron chi connectivity index (χ0n) is 12.2. The highest BCUT2D eigenvalue weighted by atomic mass is 16.2. The van der Waals surface area contributed by atoms with E-state index in [2.05, 4.69) is 36.4 Å². The Bertz CT molecular complexity index is 237. The van der Waals surface area contributed by atoms with Crippen LogP contribution >= 0.6 is 0 Å². The number of rotatable bonds is 7. The number of amides is 1. The Morgan fingerprint density at radius 3 is 2.44 bits per heavy atom. The van der Waals surface area contributed by atoms with E-state index in [0.29, 0.717) is 18.6 Å². The highest BCUT2D eigenvalue weighted by Gasteiger charge is 2.24. The summed E-state index contributed by atoms with van der Waals surface area (Å²) in [6, 6.07) is 1.26. The van der Waals surface area contributed by atoms with Crippen molar-refractivity contribution in [1.29, 1.82) is 0 Å². The van der Waals surface area contributed by atoms with Crippen molar-refractivity contribution in [2.45, 2.75) is 58.0 Å². The van der Waals surface area contributed by atoms with Crippen molar-refractivity contribution in [1.82, 2.24) is 15.5 Å². The molecular formula is C14H29N3O. The van der Waals surface area contributed by atoms with E-state index >= 15 is 0 Å². The standard InChI is InChI=1S/C14H29N3O/c1-4-10-16-14(18)11-17(3)13-8-6-12(7-9-13)15-5-2/h12-13,15H,4-11H2,1-3H3,(H,16,18). The van der Waals surface area contributed by atoms with Crippen LogP contribution in [0.4, 0.5) is 0 Å². The second-order valence-electron chi connectivity index (χ2n) is 5.33. The molecule has 18 heavy (non-hydrogen) atoms. The molecule has 1 aliphatic rings. The average molecular weight is 255 g/mol. The zero-order chi connectivity index (χ0) is 13.4. The molecule has 0 atom stereocenters. The minimum atomic E-state index is 0.160. The van der Waals surface area contributed by atoms with E-state index in [9.17, 15) is 4.79 Å². The van der Waals surface area contributed by atoms with Crippen molar-refractivity contribution < 1.29 is 4.79 Å². The molecule has 0 radical (unpaired) electrons. The molecule has 1 fully saturated rings. The summed E-state index contributed by atoms with van der Waals surface area (Å²) < 4.78 is 0. The van der Waals surface area contributed by atoms with Gasteiger partial charge in [-0.05, 0) is 45.7 Å². The van der Waals surface area contributed by atoms with Gasteiger partial charge in [-0.3, -0.25) is 9.69 Å². The summed E-state index contributed by atoms with van der Waals surface area (Å²) in [5, 5.41) is 6.45. The van der Waals surface area contributed by atoms with E-state index in [4.69, 9.17) is 0 Å². The van der Waals surface area contributed by atoms with Crippen LogP contribution in [0.25, 0.3) is 0 Å². The smallest absolute Gasteiger partial charge is 0.234 e. The van der Waals surface area contributed by atoms with Crippen molar-refractivity contribution in [3.8, 4) is 0 Å². The van der Waals surface area contributed by atoms with Crippen molar-refractivity contribution in [2.24, 2.45) is 0 Å². The van der Waals surface area contributed by atoms with Crippen LogP contribution in [0.15, 0.2) is 0 Å². The van der Waals surface area contributed by atoms with Gasteiger partial charge >= 0.3 is 0 Å². The summed E-state index contributed by atoms with van der Waals surface area (Å²) in [5.41, 5.74) is 0. The molecule has 0 unspecified atom stereocenters. The van der Waals surface area contributed by atoms with E-state index in [1.165, 1.54) is 25.7 Å². The fraction of sp³-hybridized carbons (Fsp3) is 0.929. The number of nitrogens with one attached hydrogen (secondary N) is 2. The maximum atomic E-state index is 11.7. The van der Waals surface area contributed by atoms with Gasteiger partial charge in [0, 0.05) is 18.6 Å². The summed E-state index contributed by atoms with van der Waals surface area (Å²) in [5.74, 6) is 0.160. The Labute approximate surface area is 111 Å². The minimum absolute atomic E-state index is 0.160. The van der Waals surface area contributed by atoms with Crippen molar-refractivity contribution in [2.75, 3.05) is 26.7 Å². The summed E-state index contributed by atoms with van der Waals surface area (Å²) in [4.78, 5) is 13.9. The van der Waals surface area contributed by atoms with Gasteiger partial charge in [-0.2, -0.15) is 0 Å². The Kier molecular flexibility index (Phi) is 7.28. The first-order valence-electron chi connectivity index (χ1n) is 7.37. The second-order valence-corrected chi connectivity index (χ2v) is 5.33. The first-order valence-corrected chi connectivity index (χ1v) is 7.37. The molecule has 0 aromatic rings. The molecule has 1 aliphatic carbocycles. The fourth-order valence-electron chi connectivity index (χ4n) is 2.69. The van der Waals surface area contributed by atoms with Gasteiger partial charge in [0.2, 0.25) is 5.91 Å². The van der Waals surface area contributed by atoms with Gasteiger partial charge in [0.05, 0.1) is 6.54 Å². The summed E-state index contributed by atoms with van der Waals surface area (Å²) in [6.45, 7) is 6.63. The third-order valence-corrected chi connectivity index (χ3v) is 3.78. The van der Waals surface area contributed by atoms with Crippen LogP contribution in [-0.4, -0.2) is 49.6 Å². The van der Waals surface area contributed by atoms with Gasteiger partial charge in [0.25, 0.3) is 0 Å². The minimum Gasteiger partial charge on any atom is -0.355 e. The predicted molar refractivity (Wildman–Crippen MR) is 75.7 cm³/mol. The lowest BCUT2D eigenvalue weighted by Gasteiger charge is -2.34. The topological polar surface area (TPSA) is 44.4 Å². The predicted octanol–water partition coefficient (Wildman–Crippen LogP) is 1.37. The molecule has 2 N–H and O–H groups in total. The Hall–Kier alpha value is -0.610. The lowest BCUT2D eigenvalue weighted by molar-refractivity contribution is -0.122.